The topological polar surface area (TPSA) is 29.1 Å². The molecule has 0 bridgehead atoms. The lowest BCUT2D eigenvalue weighted by Gasteiger charge is -2.18. The van der Waals surface area contributed by atoms with Crippen molar-refractivity contribution in [1.82, 2.24) is 5.32 Å². The molecule has 1 N–H and O–H groups in total. The molecule has 0 aromatic heterocycles. The van der Waals surface area contributed by atoms with E-state index in [1.165, 1.54) is 30.3 Å². The van der Waals surface area contributed by atoms with Gasteiger partial charge in [-0.15, -0.1) is 0 Å². The van der Waals surface area contributed by atoms with Crippen molar-refractivity contribution < 1.29 is 31.1 Å². The first-order valence-corrected chi connectivity index (χ1v) is 11.9. The third-order valence-electron chi connectivity index (χ3n) is 4.38. The first-order chi connectivity index (χ1) is 15.7. The second kappa shape index (κ2) is 11.9. The largest absolute Gasteiger partial charge is 0.399 e. The molecule has 0 saturated carbocycles. The number of allylic oxidation sites excluding steroid dienone is 1. The first-order valence-electron chi connectivity index (χ1n) is 9.62. The van der Waals surface area contributed by atoms with Crippen LogP contribution in [0, 0.1) is 0 Å². The molecule has 12 heteroatoms. The van der Waals surface area contributed by atoms with Crippen LogP contribution in [0.3, 0.4) is 0 Å². The summed E-state index contributed by atoms with van der Waals surface area (Å²) in [6.07, 6.45) is -6.73. The molecule has 0 aliphatic heterocycles. The zero-order chi connectivity index (χ0) is 25.7. The van der Waals surface area contributed by atoms with Crippen LogP contribution >= 0.6 is 46.6 Å². The predicted molar refractivity (Wildman–Crippen MR) is 126 cm³/mol. The molecule has 0 fully saturated rings. The van der Waals surface area contributed by atoms with Crippen LogP contribution in [0.2, 0.25) is 15.1 Å². The Labute approximate surface area is 211 Å². The van der Waals surface area contributed by atoms with Gasteiger partial charge in [-0.1, -0.05) is 59.1 Å². The van der Waals surface area contributed by atoms with Gasteiger partial charge >= 0.3 is 12.4 Å². The van der Waals surface area contributed by atoms with Crippen molar-refractivity contribution in [2.75, 3.05) is 11.5 Å². The molecule has 0 aliphatic rings. The Balaban J connectivity index is 2.08. The van der Waals surface area contributed by atoms with Crippen LogP contribution in [0.4, 0.5) is 26.3 Å². The Hall–Kier alpha value is -1.55. The van der Waals surface area contributed by atoms with Crippen LogP contribution in [-0.4, -0.2) is 35.8 Å². The van der Waals surface area contributed by atoms with Gasteiger partial charge in [0.2, 0.25) is 0 Å². The molecule has 2 atom stereocenters. The number of benzene rings is 2. The third kappa shape index (κ3) is 8.91. The average Bonchev–Trinajstić information content (AvgIpc) is 2.70. The second-order valence-corrected chi connectivity index (χ2v) is 9.53. The molecular weight excluding hydrogens is 547 g/mol. The van der Waals surface area contributed by atoms with Gasteiger partial charge in [0.25, 0.3) is 5.91 Å². The summed E-state index contributed by atoms with van der Waals surface area (Å²) < 4.78 is 77.5. The highest BCUT2D eigenvalue weighted by molar-refractivity contribution is 7.99. The van der Waals surface area contributed by atoms with Crippen LogP contribution in [0.25, 0.3) is 6.08 Å². The van der Waals surface area contributed by atoms with Crippen molar-refractivity contribution in [2.45, 2.75) is 31.2 Å². The van der Waals surface area contributed by atoms with Gasteiger partial charge in [-0.05, 0) is 42.3 Å². The molecular formula is C22H18Cl3F6NOS. The highest BCUT2D eigenvalue weighted by atomic mass is 35.5. The molecule has 2 nitrogen and oxygen atoms in total. The van der Waals surface area contributed by atoms with Gasteiger partial charge in [0, 0.05) is 17.4 Å². The number of halogens is 9. The summed E-state index contributed by atoms with van der Waals surface area (Å²) in [5.74, 6) is -3.45. The minimum Gasteiger partial charge on any atom is -0.349 e. The predicted octanol–water partition coefficient (Wildman–Crippen LogP) is 8.42. The summed E-state index contributed by atoms with van der Waals surface area (Å²) >= 11 is 18.2. The van der Waals surface area contributed by atoms with Gasteiger partial charge < -0.3 is 5.32 Å². The molecule has 34 heavy (non-hydrogen) atoms. The Morgan fingerprint density at radius 1 is 1.03 bits per heavy atom. The van der Waals surface area contributed by atoms with Gasteiger partial charge in [-0.25, -0.2) is 0 Å². The lowest BCUT2D eigenvalue weighted by molar-refractivity contribution is -0.139. The summed E-state index contributed by atoms with van der Waals surface area (Å²) in [6, 6.07) is 7.39. The standard InChI is InChI=1S/C22H18Cl3F6NOS/c1-12(10-34-11-21(26,27)28)32-20(33)14-5-2-13(3-6-14)4-7-16(22(29,30)31)15-8-17(23)19(25)18(24)9-15/h2-9,12,16H,10-11H2,1H3,(H,32,33)/b7-4+/t12-,16?/m1/s1. The van der Waals surface area contributed by atoms with Gasteiger partial charge in [-0.2, -0.15) is 38.1 Å². The van der Waals surface area contributed by atoms with Gasteiger partial charge in [-0.3, -0.25) is 4.79 Å². The minimum absolute atomic E-state index is 0.0425. The quantitative estimate of drug-likeness (QED) is 0.258. The molecule has 1 unspecified atom stereocenters. The van der Waals surface area contributed by atoms with E-state index in [1.54, 1.807) is 6.92 Å². The fraction of sp³-hybridized carbons (Fsp3) is 0.318. The van der Waals surface area contributed by atoms with Gasteiger partial charge in [0.05, 0.1) is 26.7 Å². The number of hydrogen-bond donors (Lipinski definition) is 1. The molecule has 2 aromatic rings. The average molecular weight is 565 g/mol. The Morgan fingerprint density at radius 2 is 1.59 bits per heavy atom. The number of carbonyl (C=O) groups is 1. The van der Waals surface area contributed by atoms with Crippen molar-refractivity contribution in [3.8, 4) is 0 Å². The molecule has 2 rings (SSSR count). The third-order valence-corrected chi connectivity index (χ3v) is 6.85. The number of rotatable bonds is 8. The van der Waals surface area contributed by atoms with Crippen molar-refractivity contribution in [1.29, 1.82) is 0 Å². The maximum Gasteiger partial charge on any atom is 0.399 e. The smallest absolute Gasteiger partial charge is 0.349 e. The second-order valence-electron chi connectivity index (χ2n) is 7.30. The normalized spacial score (nSPS) is 14.3. The number of carbonyl (C=O) groups excluding carboxylic acids is 1. The van der Waals surface area contributed by atoms with E-state index in [4.69, 9.17) is 34.8 Å². The van der Waals surface area contributed by atoms with Crippen molar-refractivity contribution in [3.63, 3.8) is 0 Å². The van der Waals surface area contributed by atoms with E-state index in [1.807, 2.05) is 0 Å². The summed E-state index contributed by atoms with van der Waals surface area (Å²) in [6.45, 7) is 1.57. The minimum atomic E-state index is -4.63. The molecule has 0 spiro atoms. The monoisotopic (exact) mass is 563 g/mol. The van der Waals surface area contributed by atoms with E-state index in [0.717, 1.165) is 18.2 Å². The van der Waals surface area contributed by atoms with Crippen molar-refractivity contribution in [3.05, 3.63) is 74.2 Å². The van der Waals surface area contributed by atoms with Crippen molar-refractivity contribution >= 4 is 58.5 Å². The van der Waals surface area contributed by atoms with E-state index in [9.17, 15) is 31.1 Å². The van der Waals surface area contributed by atoms with Crippen LogP contribution in [0.1, 0.15) is 34.3 Å². The summed E-state index contributed by atoms with van der Waals surface area (Å²) in [7, 11) is 0. The number of alkyl halides is 6. The molecule has 186 valence electrons. The number of hydrogen-bond acceptors (Lipinski definition) is 2. The number of thioether (sulfide) groups is 1. The SMILES string of the molecule is C[C@H](CSCC(F)(F)F)NC(=O)c1ccc(/C=C/C(c2cc(Cl)c(Cl)c(Cl)c2)C(F)(F)F)cc1. The Bertz CT molecular complexity index is 1000. The highest BCUT2D eigenvalue weighted by Gasteiger charge is 2.39. The maximum absolute atomic E-state index is 13.6. The van der Waals surface area contributed by atoms with Crippen molar-refractivity contribution in [2.24, 2.45) is 0 Å². The van der Waals surface area contributed by atoms with E-state index in [-0.39, 0.29) is 31.9 Å². The number of amides is 1. The summed E-state index contributed by atoms with van der Waals surface area (Å²) in [5.41, 5.74) is 0.427. The molecule has 1 amide bonds. The van der Waals surface area contributed by atoms with Crippen LogP contribution in [-0.2, 0) is 0 Å². The van der Waals surface area contributed by atoms with Crippen LogP contribution < -0.4 is 5.32 Å². The molecule has 0 heterocycles. The van der Waals surface area contributed by atoms with Crippen LogP contribution in [0.15, 0.2) is 42.5 Å². The lowest BCUT2D eigenvalue weighted by atomic mass is 9.97. The van der Waals surface area contributed by atoms with E-state index in [2.05, 4.69) is 5.32 Å². The van der Waals surface area contributed by atoms with Gasteiger partial charge in [0.15, 0.2) is 0 Å². The summed E-state index contributed by atoms with van der Waals surface area (Å²) in [4.78, 5) is 12.3. The number of nitrogens with one attached hydrogen (secondary N) is 1. The highest BCUT2D eigenvalue weighted by Crippen LogP contribution is 2.41. The molecule has 2 aromatic carbocycles. The lowest BCUT2D eigenvalue weighted by Crippen LogP contribution is -2.34. The molecule has 0 saturated heterocycles. The fourth-order valence-electron chi connectivity index (χ4n) is 2.82. The summed E-state index contributed by atoms with van der Waals surface area (Å²) in [5, 5.41) is 2.33. The van der Waals surface area contributed by atoms with E-state index < -0.39 is 36.0 Å². The zero-order valence-electron chi connectivity index (χ0n) is 17.4. The Kier molecular flexibility index (Phi) is 10.1. The zero-order valence-corrected chi connectivity index (χ0v) is 20.5. The molecule has 0 radical (unpaired) electrons. The Morgan fingerprint density at radius 3 is 2.09 bits per heavy atom. The van der Waals surface area contributed by atoms with E-state index in [0.29, 0.717) is 17.3 Å². The van der Waals surface area contributed by atoms with Crippen LogP contribution in [0.5, 0.6) is 0 Å². The molecule has 0 aliphatic carbocycles. The van der Waals surface area contributed by atoms with Gasteiger partial charge in [0.1, 0.15) is 0 Å². The maximum atomic E-state index is 13.6. The first kappa shape index (κ1) is 28.7. The fourth-order valence-corrected chi connectivity index (χ4v) is 4.22. The van der Waals surface area contributed by atoms with E-state index >= 15 is 0 Å².